The van der Waals surface area contributed by atoms with E-state index < -0.39 is 21.7 Å². The summed E-state index contributed by atoms with van der Waals surface area (Å²) in [6, 6.07) is 4.23. The number of sulfone groups is 1. The standard InChI is InChI=1S/C11H16N4O3S.ClH/c1-3-14-8-5-4-7(10(16)15-11(12)13)6-9(8)19(2,17)18;/h4-6,14H,3H2,1-2H3,(H4,12,13,15,16);1H. The number of halogens is 1. The lowest BCUT2D eigenvalue weighted by Gasteiger charge is -2.11. The number of amides is 1. The van der Waals surface area contributed by atoms with E-state index in [9.17, 15) is 13.2 Å². The molecule has 112 valence electrons. The monoisotopic (exact) mass is 320 g/mol. The molecule has 0 aromatic heterocycles. The summed E-state index contributed by atoms with van der Waals surface area (Å²) in [7, 11) is -3.47. The highest BCUT2D eigenvalue weighted by molar-refractivity contribution is 7.90. The molecule has 7 nitrogen and oxygen atoms in total. The zero-order chi connectivity index (χ0) is 14.6. The number of nitrogens with one attached hydrogen (secondary N) is 3. The van der Waals surface area contributed by atoms with Crippen LogP contribution in [0.25, 0.3) is 0 Å². The van der Waals surface area contributed by atoms with Gasteiger partial charge < -0.3 is 11.1 Å². The highest BCUT2D eigenvalue weighted by atomic mass is 35.5. The van der Waals surface area contributed by atoms with Gasteiger partial charge in [-0.25, -0.2) is 8.42 Å². The third-order valence-corrected chi connectivity index (χ3v) is 3.40. The van der Waals surface area contributed by atoms with E-state index in [1.54, 1.807) is 0 Å². The molecule has 0 atom stereocenters. The number of nitrogens with two attached hydrogens (primary N) is 1. The molecule has 0 fully saturated rings. The largest absolute Gasteiger partial charge is 0.384 e. The van der Waals surface area contributed by atoms with Gasteiger partial charge in [0.05, 0.1) is 10.6 Å². The minimum absolute atomic E-state index is 0. The van der Waals surface area contributed by atoms with Gasteiger partial charge in [-0.05, 0) is 25.1 Å². The van der Waals surface area contributed by atoms with E-state index in [1.165, 1.54) is 18.2 Å². The average molecular weight is 321 g/mol. The molecule has 0 saturated carbocycles. The maximum atomic E-state index is 11.7. The van der Waals surface area contributed by atoms with Gasteiger partial charge in [-0.1, -0.05) is 0 Å². The Morgan fingerprint density at radius 2 is 2.00 bits per heavy atom. The molecule has 1 aromatic carbocycles. The molecule has 20 heavy (non-hydrogen) atoms. The number of hydrogen-bond donors (Lipinski definition) is 4. The predicted octanol–water partition coefficient (Wildman–Crippen LogP) is 0.567. The number of anilines is 1. The SMILES string of the molecule is CCNc1ccc(C(=O)NC(=N)N)cc1S(C)(=O)=O.Cl. The molecule has 1 rings (SSSR count). The van der Waals surface area contributed by atoms with E-state index in [2.05, 4.69) is 10.6 Å². The Balaban J connectivity index is 0.00000361. The van der Waals surface area contributed by atoms with Gasteiger partial charge in [0, 0.05) is 18.4 Å². The highest BCUT2D eigenvalue weighted by Gasteiger charge is 2.16. The quantitative estimate of drug-likeness (QED) is 0.476. The smallest absolute Gasteiger partial charge is 0.257 e. The highest BCUT2D eigenvalue weighted by Crippen LogP contribution is 2.22. The first-order valence-corrected chi connectivity index (χ1v) is 7.38. The van der Waals surface area contributed by atoms with Gasteiger partial charge in [-0.15, -0.1) is 12.4 Å². The Labute approximate surface area is 123 Å². The predicted molar refractivity (Wildman–Crippen MR) is 80.3 cm³/mol. The van der Waals surface area contributed by atoms with Crippen LogP contribution in [-0.2, 0) is 9.84 Å². The topological polar surface area (TPSA) is 125 Å². The summed E-state index contributed by atoms with van der Waals surface area (Å²) in [5.41, 5.74) is 5.61. The molecule has 0 heterocycles. The summed E-state index contributed by atoms with van der Waals surface area (Å²) in [5.74, 6) is -1.12. The average Bonchev–Trinajstić information content (AvgIpc) is 2.27. The summed E-state index contributed by atoms with van der Waals surface area (Å²) in [5, 5.41) is 12.0. The zero-order valence-electron chi connectivity index (χ0n) is 11.1. The fraction of sp³-hybridized carbons (Fsp3) is 0.273. The van der Waals surface area contributed by atoms with E-state index in [-0.39, 0.29) is 22.9 Å². The normalized spacial score (nSPS) is 10.3. The lowest BCUT2D eigenvalue weighted by atomic mass is 10.2. The van der Waals surface area contributed by atoms with Crippen LogP contribution in [0.15, 0.2) is 23.1 Å². The third-order valence-electron chi connectivity index (χ3n) is 2.26. The number of rotatable bonds is 4. The molecular formula is C11H17ClN4O3S. The van der Waals surface area contributed by atoms with Crippen molar-refractivity contribution in [3.63, 3.8) is 0 Å². The third kappa shape index (κ3) is 4.71. The van der Waals surface area contributed by atoms with Crippen molar-refractivity contribution >= 4 is 39.8 Å². The molecular weight excluding hydrogens is 304 g/mol. The van der Waals surface area contributed by atoms with Crippen LogP contribution in [0.4, 0.5) is 5.69 Å². The molecule has 5 N–H and O–H groups in total. The number of carbonyl (C=O) groups excluding carboxylic acids is 1. The van der Waals surface area contributed by atoms with E-state index in [4.69, 9.17) is 11.1 Å². The number of carbonyl (C=O) groups is 1. The molecule has 0 bridgehead atoms. The van der Waals surface area contributed by atoms with Gasteiger partial charge in [0.25, 0.3) is 5.91 Å². The number of hydrogen-bond acceptors (Lipinski definition) is 5. The second kappa shape index (κ2) is 7.11. The summed E-state index contributed by atoms with van der Waals surface area (Å²) in [6.45, 7) is 2.39. The van der Waals surface area contributed by atoms with E-state index >= 15 is 0 Å². The maximum Gasteiger partial charge on any atom is 0.257 e. The zero-order valence-corrected chi connectivity index (χ0v) is 12.7. The minimum atomic E-state index is -3.47. The Kier molecular flexibility index (Phi) is 6.47. The minimum Gasteiger partial charge on any atom is -0.384 e. The van der Waals surface area contributed by atoms with Crippen LogP contribution in [0.2, 0.25) is 0 Å². The van der Waals surface area contributed by atoms with Crippen LogP contribution in [0, 0.1) is 5.41 Å². The first-order valence-electron chi connectivity index (χ1n) is 5.49. The van der Waals surface area contributed by atoms with Gasteiger partial charge in [0.15, 0.2) is 15.8 Å². The second-order valence-corrected chi connectivity index (χ2v) is 5.87. The van der Waals surface area contributed by atoms with Crippen molar-refractivity contribution in [2.24, 2.45) is 5.73 Å². The molecule has 0 radical (unpaired) electrons. The Hall–Kier alpha value is -1.80. The lowest BCUT2D eigenvalue weighted by molar-refractivity contribution is 0.0976. The second-order valence-electron chi connectivity index (χ2n) is 3.88. The lowest BCUT2D eigenvalue weighted by Crippen LogP contribution is -2.35. The molecule has 1 amide bonds. The Morgan fingerprint density at radius 3 is 2.45 bits per heavy atom. The van der Waals surface area contributed by atoms with Crippen molar-refractivity contribution in [1.82, 2.24) is 5.32 Å². The van der Waals surface area contributed by atoms with Crippen molar-refractivity contribution in [3.8, 4) is 0 Å². The maximum absolute atomic E-state index is 11.7. The summed E-state index contributed by atoms with van der Waals surface area (Å²) in [4.78, 5) is 11.7. The van der Waals surface area contributed by atoms with Crippen LogP contribution < -0.4 is 16.4 Å². The van der Waals surface area contributed by atoms with Gasteiger partial charge in [-0.3, -0.25) is 15.5 Å². The van der Waals surface area contributed by atoms with Crippen molar-refractivity contribution in [2.75, 3.05) is 18.1 Å². The fourth-order valence-corrected chi connectivity index (χ4v) is 2.38. The number of benzene rings is 1. The van der Waals surface area contributed by atoms with Crippen LogP contribution in [-0.4, -0.2) is 33.1 Å². The molecule has 0 spiro atoms. The van der Waals surface area contributed by atoms with Gasteiger partial charge in [-0.2, -0.15) is 0 Å². The number of guanidine groups is 1. The molecule has 0 aliphatic carbocycles. The first kappa shape index (κ1) is 18.2. The van der Waals surface area contributed by atoms with Crippen molar-refractivity contribution in [1.29, 1.82) is 5.41 Å². The summed E-state index contributed by atoms with van der Waals surface area (Å²) >= 11 is 0. The van der Waals surface area contributed by atoms with Crippen LogP contribution in [0.3, 0.4) is 0 Å². The van der Waals surface area contributed by atoms with Crippen LogP contribution >= 0.6 is 12.4 Å². The molecule has 9 heteroatoms. The van der Waals surface area contributed by atoms with Crippen molar-refractivity contribution in [2.45, 2.75) is 11.8 Å². The van der Waals surface area contributed by atoms with Crippen LogP contribution in [0.1, 0.15) is 17.3 Å². The van der Waals surface area contributed by atoms with E-state index in [0.29, 0.717) is 12.2 Å². The van der Waals surface area contributed by atoms with Gasteiger partial charge in [0.2, 0.25) is 0 Å². The van der Waals surface area contributed by atoms with Crippen molar-refractivity contribution < 1.29 is 13.2 Å². The molecule has 0 aliphatic rings. The van der Waals surface area contributed by atoms with Gasteiger partial charge in [0.1, 0.15) is 0 Å². The summed E-state index contributed by atoms with van der Waals surface area (Å²) < 4.78 is 23.4. The molecule has 0 aliphatic heterocycles. The first-order chi connectivity index (χ1) is 8.75. The van der Waals surface area contributed by atoms with Gasteiger partial charge >= 0.3 is 0 Å². The van der Waals surface area contributed by atoms with E-state index in [1.807, 2.05) is 6.92 Å². The van der Waals surface area contributed by atoms with Crippen molar-refractivity contribution in [3.05, 3.63) is 23.8 Å². The van der Waals surface area contributed by atoms with Crippen LogP contribution in [0.5, 0.6) is 0 Å². The molecule has 0 saturated heterocycles. The Bertz CT molecular complexity index is 616. The fourth-order valence-electron chi connectivity index (χ4n) is 1.50. The molecule has 1 aromatic rings. The Morgan fingerprint density at radius 1 is 1.40 bits per heavy atom. The van der Waals surface area contributed by atoms with E-state index in [0.717, 1.165) is 6.26 Å². The summed E-state index contributed by atoms with van der Waals surface area (Å²) in [6.07, 6.45) is 1.07. The molecule has 0 unspecified atom stereocenters.